The summed E-state index contributed by atoms with van der Waals surface area (Å²) in [6.45, 7) is 0. The van der Waals surface area contributed by atoms with Crippen molar-refractivity contribution in [1.29, 1.82) is 0 Å². The topological polar surface area (TPSA) is 63.2 Å². The first-order valence-corrected chi connectivity index (χ1v) is 0.612. The van der Waals surface area contributed by atoms with Gasteiger partial charge in [0, 0.05) is 0 Å². The van der Waals surface area contributed by atoms with Gasteiger partial charge in [-0.05, 0) is 6.16 Å². The van der Waals surface area contributed by atoms with Gasteiger partial charge in [-0.2, -0.15) is 0 Å². The van der Waals surface area contributed by atoms with E-state index in [-0.39, 0.29) is 56.6 Å². The summed E-state index contributed by atoms with van der Waals surface area (Å²) in [6.07, 6.45) is -2.33. The molecule has 0 aliphatic carbocycles. The second-order valence-corrected chi connectivity index (χ2v) is 0.250. The average molecular weight is 80.8 g/mol. The monoisotopic (exact) mass is 81.0 g/mol. The fourth-order valence-electron chi connectivity index (χ4n) is 0. The van der Waals surface area contributed by atoms with Crippen LogP contribution < -0.4 is 66.8 Å². The van der Waals surface area contributed by atoms with Crippen molar-refractivity contribution in [3.63, 3.8) is 0 Å². The van der Waals surface area contributed by atoms with Gasteiger partial charge in [-0.1, -0.05) is 0 Å². The zero-order chi connectivity index (χ0) is 3.58. The molecule has 0 aromatic heterocycles. The molecule has 3 nitrogen and oxygen atoms in total. The van der Waals surface area contributed by atoms with Gasteiger partial charge in [0.25, 0.3) is 0 Å². The molecule has 0 aliphatic rings. The van der Waals surface area contributed by atoms with E-state index in [9.17, 15) is 0 Å². The molecule has 0 amide bonds. The summed E-state index contributed by atoms with van der Waals surface area (Å²) < 4.78 is 0. The van der Waals surface area contributed by atoms with Gasteiger partial charge in [0.15, 0.2) is 0 Å². The second kappa shape index (κ2) is 15.7. The zero-order valence-electron chi connectivity index (χ0n) is 4.72. The van der Waals surface area contributed by atoms with Gasteiger partial charge in [0.2, 0.25) is 0 Å². The second-order valence-electron chi connectivity index (χ2n) is 0.250. The third kappa shape index (κ3) is 160. The molecule has 0 heterocycles. The summed E-state index contributed by atoms with van der Waals surface area (Å²) in [6, 6.07) is 0. The first kappa shape index (κ1) is 24.4. The smallest absolute Gasteiger partial charge is 0.652 e. The summed E-state index contributed by atoms with van der Waals surface area (Å²) in [5.41, 5.74) is 0. The Morgan fingerprint density at radius 2 is 1.00 bits per heavy atom. The van der Waals surface area contributed by atoms with Crippen molar-refractivity contribution < 1.29 is 71.6 Å². The van der Waals surface area contributed by atoms with Crippen LogP contribution in [0.2, 0.25) is 0 Å². The predicted octanol–water partition coefficient (Wildman–Crippen LogP) is -11.4. The summed E-state index contributed by atoms with van der Waals surface area (Å²) in [7, 11) is 0. The molecule has 0 bridgehead atoms. The Morgan fingerprint density at radius 3 is 1.00 bits per heavy atom. The van der Waals surface area contributed by atoms with Crippen molar-refractivity contribution >= 4 is 6.16 Å². The minimum Gasteiger partial charge on any atom is -0.652 e. The van der Waals surface area contributed by atoms with E-state index in [4.69, 9.17) is 15.0 Å². The van der Waals surface area contributed by atoms with E-state index in [0.29, 0.717) is 0 Å². The maximum absolute atomic E-state index is 8.33. The van der Waals surface area contributed by atoms with E-state index >= 15 is 0 Å². The number of rotatable bonds is 0. The molecule has 7 heavy (non-hydrogen) atoms. The largest absolute Gasteiger partial charge is 1.00 e. The van der Waals surface area contributed by atoms with E-state index in [1.54, 1.807) is 0 Å². The molecule has 0 rings (SSSR count). The number of carboxylic acid groups (broad SMARTS) is 2. The van der Waals surface area contributed by atoms with Crippen LogP contribution in [0.15, 0.2) is 0 Å². The molecule has 6 heteroatoms. The molecule has 0 N–H and O–H groups in total. The Kier molecular flexibility index (Phi) is 54.8. The molecule has 0 spiro atoms. The zero-order valence-corrected chi connectivity index (χ0v) is 4.72. The maximum atomic E-state index is 8.33. The van der Waals surface area contributed by atoms with Crippen LogP contribution in [0.1, 0.15) is 0 Å². The number of hydrogen-bond acceptors (Lipinski definition) is 3. The van der Waals surface area contributed by atoms with Gasteiger partial charge in [0.1, 0.15) is 0 Å². The molecule has 0 aromatic rings. The molecular weight excluding hydrogens is 80.8 g/mol. The number of carbonyl (C=O) groups excluding carboxylic acids is 1. The third-order valence-corrected chi connectivity index (χ3v) is 0. The Hall–Kier alpha value is 1.06. The van der Waals surface area contributed by atoms with E-state index in [0.717, 1.165) is 0 Å². The molecule has 0 radical (unpaired) electrons. The Morgan fingerprint density at radius 1 is 1.00 bits per heavy atom. The van der Waals surface area contributed by atoms with Gasteiger partial charge in [-0.15, -0.1) is 0 Å². The maximum Gasteiger partial charge on any atom is 1.00 e. The minimum absolute atomic E-state index is 0. The van der Waals surface area contributed by atoms with Crippen LogP contribution >= 0.6 is 0 Å². The van der Waals surface area contributed by atoms with E-state index in [2.05, 4.69) is 0 Å². The molecule has 0 saturated carbocycles. The first-order chi connectivity index (χ1) is 1.73. The van der Waals surface area contributed by atoms with Crippen LogP contribution in [0.3, 0.4) is 0 Å². The van der Waals surface area contributed by atoms with Gasteiger partial charge >= 0.3 is 56.6 Å². The SMILES string of the molecule is O=C([O-])[O-].[Li+].[Li+].[Li+]. The van der Waals surface area contributed by atoms with Gasteiger partial charge in [0.05, 0.1) is 0 Å². The molecule has 0 fully saturated rings. The molecule has 0 unspecified atom stereocenters. The molecule has 0 aromatic carbocycles. The molecule has 0 saturated heterocycles. The van der Waals surface area contributed by atoms with Crippen LogP contribution in [0.25, 0.3) is 0 Å². The summed E-state index contributed by atoms with van der Waals surface area (Å²) in [5, 5.41) is 16.7. The molecule has 0 atom stereocenters. The van der Waals surface area contributed by atoms with E-state index < -0.39 is 6.16 Å². The van der Waals surface area contributed by atoms with E-state index in [1.165, 1.54) is 0 Å². The van der Waals surface area contributed by atoms with Crippen molar-refractivity contribution in [1.82, 2.24) is 0 Å². The van der Waals surface area contributed by atoms with Gasteiger partial charge < -0.3 is 15.0 Å². The minimum atomic E-state index is -2.33. The van der Waals surface area contributed by atoms with Crippen molar-refractivity contribution in [3.05, 3.63) is 0 Å². The van der Waals surface area contributed by atoms with Crippen molar-refractivity contribution in [2.24, 2.45) is 0 Å². The van der Waals surface area contributed by atoms with Gasteiger partial charge in [-0.3, -0.25) is 0 Å². The predicted molar refractivity (Wildman–Crippen MR) is 5.40 cm³/mol. The molecule has 0 aliphatic heterocycles. The fraction of sp³-hybridized carbons (Fsp3) is 0. The third-order valence-electron chi connectivity index (χ3n) is 0. The van der Waals surface area contributed by atoms with Crippen LogP contribution in [0, 0.1) is 0 Å². The van der Waals surface area contributed by atoms with Gasteiger partial charge in [-0.25, -0.2) is 0 Å². The normalized spacial score (nSPS) is 3.43. The summed E-state index contributed by atoms with van der Waals surface area (Å²) >= 11 is 0. The van der Waals surface area contributed by atoms with Crippen molar-refractivity contribution in [3.8, 4) is 0 Å². The Balaban J connectivity index is -0.0000000150. The standard InChI is InChI=1S/CH2O3.3Li/c2-1(3)4;;;/h(H2,2,3,4);;;/q;3*+1/p-2. The van der Waals surface area contributed by atoms with E-state index in [1.807, 2.05) is 0 Å². The average Bonchev–Trinajstić information content (AvgIpc) is 0.811. The van der Waals surface area contributed by atoms with Crippen LogP contribution in [0.4, 0.5) is 4.79 Å². The van der Waals surface area contributed by atoms with Crippen molar-refractivity contribution in [2.45, 2.75) is 0 Å². The summed E-state index contributed by atoms with van der Waals surface area (Å²) in [4.78, 5) is 8.33. The quantitative estimate of drug-likeness (QED) is 0.272. The Bertz CT molecular complexity index is 33.2. The molecular formula is CLi3O3+. The molecule has 24 valence electrons. The van der Waals surface area contributed by atoms with Crippen LogP contribution in [-0.2, 0) is 0 Å². The fourth-order valence-corrected chi connectivity index (χ4v) is 0. The summed E-state index contributed by atoms with van der Waals surface area (Å²) in [5.74, 6) is 0. The number of hydrogen-bond donors (Lipinski definition) is 0. The van der Waals surface area contributed by atoms with Crippen molar-refractivity contribution in [2.75, 3.05) is 0 Å². The Labute approximate surface area is 77.4 Å². The number of carbonyl (C=O) groups is 1. The van der Waals surface area contributed by atoms with Crippen LogP contribution in [0.5, 0.6) is 0 Å². The van der Waals surface area contributed by atoms with Crippen LogP contribution in [-0.4, -0.2) is 6.16 Å². The first-order valence-electron chi connectivity index (χ1n) is 0.612.